The van der Waals surface area contributed by atoms with Gasteiger partial charge in [0.15, 0.2) is 5.65 Å². The highest BCUT2D eigenvalue weighted by Crippen LogP contribution is 2.38. The molecule has 204 valence electrons. The van der Waals surface area contributed by atoms with Gasteiger partial charge in [-0.2, -0.15) is 0 Å². The van der Waals surface area contributed by atoms with Crippen LogP contribution in [0.2, 0.25) is 5.02 Å². The number of carbonyl (C=O) groups is 1. The highest BCUT2D eigenvalue weighted by atomic mass is 35.5. The number of halogens is 1. The average molecular weight is 581 g/mol. The van der Waals surface area contributed by atoms with Crippen molar-refractivity contribution in [2.24, 2.45) is 0 Å². The zero-order chi connectivity index (χ0) is 28.6. The van der Waals surface area contributed by atoms with Gasteiger partial charge < -0.3 is 9.88 Å². The van der Waals surface area contributed by atoms with E-state index < -0.39 is 15.7 Å². The normalized spacial score (nSPS) is 11.7. The van der Waals surface area contributed by atoms with Gasteiger partial charge in [-0.05, 0) is 55.3 Å². The van der Waals surface area contributed by atoms with Crippen LogP contribution in [0.3, 0.4) is 0 Å². The zero-order valence-electron chi connectivity index (χ0n) is 22.1. The number of nitrogens with one attached hydrogen (secondary N) is 1. The molecular formula is C32H25ClN4O3S. The third-order valence-corrected chi connectivity index (χ3v) is 9.07. The third-order valence-electron chi connectivity index (χ3n) is 6.93. The van der Waals surface area contributed by atoms with E-state index in [0.29, 0.717) is 29.6 Å². The first-order chi connectivity index (χ1) is 19.8. The van der Waals surface area contributed by atoms with Crippen LogP contribution >= 0.6 is 11.6 Å². The highest BCUT2D eigenvalue weighted by Gasteiger charge is 2.32. The Morgan fingerprint density at radius 2 is 1.46 bits per heavy atom. The van der Waals surface area contributed by atoms with Gasteiger partial charge in [0.2, 0.25) is 9.84 Å². The molecule has 0 atom stereocenters. The molecule has 0 aliphatic heterocycles. The highest BCUT2D eigenvalue weighted by molar-refractivity contribution is 7.92. The summed E-state index contributed by atoms with van der Waals surface area (Å²) >= 11 is 6.35. The van der Waals surface area contributed by atoms with E-state index in [1.165, 1.54) is 0 Å². The van der Waals surface area contributed by atoms with Crippen molar-refractivity contribution < 1.29 is 13.2 Å². The summed E-state index contributed by atoms with van der Waals surface area (Å²) in [6, 6.07) is 30.3. The van der Waals surface area contributed by atoms with Gasteiger partial charge in [0, 0.05) is 6.54 Å². The summed E-state index contributed by atoms with van der Waals surface area (Å²) in [5, 5.41) is 3.14. The fourth-order valence-electron chi connectivity index (χ4n) is 4.81. The minimum Gasteiger partial charge on any atom is -0.309 e. The number of hydrogen-bond donors (Lipinski definition) is 1. The second-order valence-corrected chi connectivity index (χ2v) is 12.0. The number of hydrogen-bond acceptors (Lipinski definition) is 5. The topological polar surface area (TPSA) is 94.0 Å². The quantitative estimate of drug-likeness (QED) is 0.222. The average Bonchev–Trinajstić information content (AvgIpc) is 3.27. The summed E-state index contributed by atoms with van der Waals surface area (Å²) < 4.78 is 30.4. The summed E-state index contributed by atoms with van der Waals surface area (Å²) in [6.45, 7) is 2.23. The van der Waals surface area contributed by atoms with Crippen LogP contribution in [0.15, 0.2) is 113 Å². The van der Waals surface area contributed by atoms with Gasteiger partial charge in [0.1, 0.15) is 16.2 Å². The Morgan fingerprint density at radius 3 is 2.17 bits per heavy atom. The van der Waals surface area contributed by atoms with Crippen LogP contribution in [-0.4, -0.2) is 28.9 Å². The fraction of sp³-hybridized carbons (Fsp3) is 0.0938. The summed E-state index contributed by atoms with van der Waals surface area (Å²) in [5.74, 6) is -0.444. The van der Waals surface area contributed by atoms with Gasteiger partial charge in [-0.15, -0.1) is 0 Å². The van der Waals surface area contributed by atoms with Crippen LogP contribution < -0.4 is 5.32 Å². The van der Waals surface area contributed by atoms with Crippen molar-refractivity contribution in [2.75, 3.05) is 5.32 Å². The van der Waals surface area contributed by atoms with E-state index in [1.54, 1.807) is 59.2 Å². The van der Waals surface area contributed by atoms with Crippen LogP contribution in [0.1, 0.15) is 21.5 Å². The van der Waals surface area contributed by atoms with Gasteiger partial charge >= 0.3 is 0 Å². The van der Waals surface area contributed by atoms with Gasteiger partial charge in [0.05, 0.1) is 26.5 Å². The molecule has 2 aromatic heterocycles. The Balaban J connectivity index is 1.63. The van der Waals surface area contributed by atoms with Gasteiger partial charge in [-0.1, -0.05) is 83.9 Å². The van der Waals surface area contributed by atoms with Crippen molar-refractivity contribution in [2.45, 2.75) is 29.7 Å². The van der Waals surface area contributed by atoms with E-state index in [-0.39, 0.29) is 31.7 Å². The molecule has 0 saturated carbocycles. The van der Waals surface area contributed by atoms with Gasteiger partial charge in [-0.3, -0.25) is 4.79 Å². The summed E-state index contributed by atoms with van der Waals surface area (Å²) in [4.78, 5) is 23.2. The Kier molecular flexibility index (Phi) is 7.03. The minimum absolute atomic E-state index is 0.0911. The first kappa shape index (κ1) is 26.7. The number of para-hydroxylation sites is 2. The molecule has 1 N–H and O–H groups in total. The van der Waals surface area contributed by atoms with E-state index in [9.17, 15) is 13.2 Å². The smallest absolute Gasteiger partial charge is 0.258 e. The lowest BCUT2D eigenvalue weighted by Gasteiger charge is -2.14. The Morgan fingerprint density at radius 1 is 0.829 bits per heavy atom. The molecule has 4 aromatic carbocycles. The molecule has 0 spiro atoms. The number of benzene rings is 4. The molecule has 0 unspecified atom stereocenters. The minimum atomic E-state index is -4.15. The largest absolute Gasteiger partial charge is 0.309 e. The lowest BCUT2D eigenvalue weighted by Crippen LogP contribution is -2.18. The van der Waals surface area contributed by atoms with Crippen molar-refractivity contribution in [3.8, 4) is 0 Å². The molecule has 2 heterocycles. The standard InChI is InChI=1S/C32H25ClN4O3S/c1-21-15-17-23(18-16-21)41(39,40)29-28-30(35-27-14-8-7-13-26(27)34-28)37(20-19-22-9-3-2-4-10-22)31(29)36-32(38)24-11-5-6-12-25(24)33/h2-18H,19-20H2,1H3,(H,36,38). The maximum absolute atomic E-state index is 14.3. The summed E-state index contributed by atoms with van der Waals surface area (Å²) in [7, 11) is -4.15. The van der Waals surface area contributed by atoms with Crippen LogP contribution in [-0.2, 0) is 22.8 Å². The molecular weight excluding hydrogens is 556 g/mol. The van der Waals surface area contributed by atoms with Crippen LogP contribution in [0, 0.1) is 6.92 Å². The number of fused-ring (bicyclic) bond motifs is 2. The van der Waals surface area contributed by atoms with E-state index in [1.807, 2.05) is 55.5 Å². The molecule has 0 fully saturated rings. The molecule has 0 aliphatic carbocycles. The Bertz CT molecular complexity index is 2020. The second kappa shape index (κ2) is 10.8. The maximum atomic E-state index is 14.3. The molecule has 6 rings (SSSR count). The summed E-state index contributed by atoms with van der Waals surface area (Å²) in [6.07, 6.45) is 0.568. The maximum Gasteiger partial charge on any atom is 0.258 e. The molecule has 0 bridgehead atoms. The predicted molar refractivity (Wildman–Crippen MR) is 161 cm³/mol. The first-order valence-corrected chi connectivity index (χ1v) is 14.9. The van der Waals surface area contributed by atoms with Crippen molar-refractivity contribution >= 4 is 55.4 Å². The van der Waals surface area contributed by atoms with Gasteiger partial charge in [0.25, 0.3) is 5.91 Å². The number of rotatable bonds is 7. The second-order valence-electron chi connectivity index (χ2n) is 9.70. The molecule has 9 heteroatoms. The Labute approximate surface area is 242 Å². The Hall–Kier alpha value is -4.53. The zero-order valence-corrected chi connectivity index (χ0v) is 23.7. The summed E-state index contributed by atoms with van der Waals surface area (Å²) in [5.41, 5.74) is 3.90. The molecule has 0 radical (unpaired) electrons. The molecule has 6 aromatic rings. The van der Waals surface area contributed by atoms with E-state index in [0.717, 1.165) is 11.1 Å². The van der Waals surface area contributed by atoms with Crippen molar-refractivity contribution in [3.05, 3.63) is 125 Å². The molecule has 0 aliphatic rings. The number of anilines is 1. The van der Waals surface area contributed by atoms with Crippen LogP contribution in [0.4, 0.5) is 5.82 Å². The van der Waals surface area contributed by atoms with Crippen molar-refractivity contribution in [1.82, 2.24) is 14.5 Å². The van der Waals surface area contributed by atoms with Crippen molar-refractivity contribution in [1.29, 1.82) is 0 Å². The molecule has 1 amide bonds. The van der Waals surface area contributed by atoms with Crippen LogP contribution in [0.5, 0.6) is 0 Å². The number of amides is 1. The molecule has 41 heavy (non-hydrogen) atoms. The number of carbonyl (C=O) groups excluding carboxylic acids is 1. The predicted octanol–water partition coefficient (Wildman–Crippen LogP) is 6.87. The monoisotopic (exact) mass is 580 g/mol. The number of aromatic nitrogens is 3. The first-order valence-electron chi connectivity index (χ1n) is 13.0. The number of sulfone groups is 1. The lowest BCUT2D eigenvalue weighted by molar-refractivity contribution is 0.102. The molecule has 7 nitrogen and oxygen atoms in total. The van der Waals surface area contributed by atoms with Crippen molar-refractivity contribution in [3.63, 3.8) is 0 Å². The van der Waals surface area contributed by atoms with E-state index >= 15 is 0 Å². The third kappa shape index (κ3) is 5.08. The lowest BCUT2D eigenvalue weighted by atomic mass is 10.1. The fourth-order valence-corrected chi connectivity index (χ4v) is 6.57. The van der Waals surface area contributed by atoms with Crippen LogP contribution in [0.25, 0.3) is 22.2 Å². The SMILES string of the molecule is Cc1ccc(S(=O)(=O)c2c(NC(=O)c3ccccc3Cl)n(CCc3ccccc3)c3nc4ccccc4nc23)cc1. The number of nitrogens with zero attached hydrogens (tertiary/aromatic N) is 3. The number of aryl methyl sites for hydroxylation is 3. The molecule has 0 saturated heterocycles. The van der Waals surface area contributed by atoms with Gasteiger partial charge in [-0.25, -0.2) is 18.4 Å². The van der Waals surface area contributed by atoms with E-state index in [4.69, 9.17) is 21.6 Å². The van der Waals surface area contributed by atoms with E-state index in [2.05, 4.69) is 5.32 Å².